The summed E-state index contributed by atoms with van der Waals surface area (Å²) >= 11 is 6.10. The molecule has 1 nitrogen and oxygen atoms in total. The largest absolute Gasteiger partial charge is 0.330 e. The Kier molecular flexibility index (Phi) is 5.45. The summed E-state index contributed by atoms with van der Waals surface area (Å²) in [5, 5.41) is 0.287. The van der Waals surface area contributed by atoms with Crippen molar-refractivity contribution in [2.45, 2.75) is 39.5 Å². The Bertz CT molecular complexity index is 447. The van der Waals surface area contributed by atoms with Crippen LogP contribution in [-0.2, 0) is 6.42 Å². The molecule has 0 radical (unpaired) electrons. The van der Waals surface area contributed by atoms with Crippen molar-refractivity contribution in [3.05, 3.63) is 34.6 Å². The normalized spacial score (nSPS) is 27.0. The van der Waals surface area contributed by atoms with Gasteiger partial charge in [0, 0.05) is 0 Å². The van der Waals surface area contributed by atoms with Crippen LogP contribution in [0, 0.1) is 29.5 Å². The van der Waals surface area contributed by atoms with E-state index in [0.29, 0.717) is 17.8 Å². The van der Waals surface area contributed by atoms with E-state index in [0.717, 1.165) is 24.4 Å². The fourth-order valence-corrected chi connectivity index (χ4v) is 3.72. The molecule has 1 aromatic rings. The highest BCUT2D eigenvalue weighted by Crippen LogP contribution is 2.39. The second-order valence-electron chi connectivity index (χ2n) is 6.49. The SMILES string of the molecule is CC(C)C1CCC(CN)C(Cc2cccc(F)c2Cl)C1. The Balaban J connectivity index is 2.13. The standard InChI is InChI=1S/C17H25ClFN/c1-11(2)12-6-7-14(10-20)15(8-12)9-13-4-3-5-16(19)17(13)18/h3-5,11-12,14-15H,6-10,20H2,1-2H3. The average Bonchev–Trinajstić information content (AvgIpc) is 2.43. The molecule has 0 saturated heterocycles. The Labute approximate surface area is 126 Å². The maximum absolute atomic E-state index is 13.6. The summed E-state index contributed by atoms with van der Waals surface area (Å²) in [5.74, 6) is 2.23. The van der Waals surface area contributed by atoms with Gasteiger partial charge in [-0.1, -0.05) is 37.6 Å². The molecule has 1 aromatic carbocycles. The highest BCUT2D eigenvalue weighted by Gasteiger charge is 2.31. The van der Waals surface area contributed by atoms with Gasteiger partial charge in [0.25, 0.3) is 0 Å². The van der Waals surface area contributed by atoms with Gasteiger partial charge in [-0.2, -0.15) is 0 Å². The summed E-state index contributed by atoms with van der Waals surface area (Å²) < 4.78 is 13.6. The minimum absolute atomic E-state index is 0.287. The van der Waals surface area contributed by atoms with E-state index in [1.54, 1.807) is 6.07 Å². The number of hydrogen-bond donors (Lipinski definition) is 1. The van der Waals surface area contributed by atoms with Crippen molar-refractivity contribution in [2.24, 2.45) is 29.4 Å². The van der Waals surface area contributed by atoms with Gasteiger partial charge in [0.1, 0.15) is 5.82 Å². The van der Waals surface area contributed by atoms with Gasteiger partial charge in [-0.05, 0) is 67.5 Å². The zero-order valence-corrected chi connectivity index (χ0v) is 13.2. The maximum Gasteiger partial charge on any atom is 0.142 e. The van der Waals surface area contributed by atoms with Gasteiger partial charge in [-0.15, -0.1) is 0 Å². The van der Waals surface area contributed by atoms with Crippen molar-refractivity contribution in [1.82, 2.24) is 0 Å². The van der Waals surface area contributed by atoms with Crippen LogP contribution >= 0.6 is 11.6 Å². The zero-order valence-electron chi connectivity index (χ0n) is 12.4. The highest BCUT2D eigenvalue weighted by atomic mass is 35.5. The molecule has 2 N–H and O–H groups in total. The van der Waals surface area contributed by atoms with Gasteiger partial charge < -0.3 is 5.73 Å². The van der Waals surface area contributed by atoms with Crippen molar-refractivity contribution < 1.29 is 4.39 Å². The predicted octanol–water partition coefficient (Wildman–Crippen LogP) is 4.67. The molecule has 2 rings (SSSR count). The molecule has 20 heavy (non-hydrogen) atoms. The fraction of sp³-hybridized carbons (Fsp3) is 0.647. The van der Waals surface area contributed by atoms with Crippen LogP contribution in [0.2, 0.25) is 5.02 Å². The van der Waals surface area contributed by atoms with E-state index in [2.05, 4.69) is 13.8 Å². The lowest BCUT2D eigenvalue weighted by Crippen LogP contribution is -2.33. The van der Waals surface area contributed by atoms with E-state index in [1.165, 1.54) is 25.3 Å². The lowest BCUT2D eigenvalue weighted by molar-refractivity contribution is 0.151. The van der Waals surface area contributed by atoms with E-state index in [9.17, 15) is 4.39 Å². The predicted molar refractivity (Wildman–Crippen MR) is 83.3 cm³/mol. The van der Waals surface area contributed by atoms with Crippen molar-refractivity contribution in [1.29, 1.82) is 0 Å². The summed E-state index contributed by atoms with van der Waals surface area (Å²) in [4.78, 5) is 0. The van der Waals surface area contributed by atoms with Crippen molar-refractivity contribution >= 4 is 11.6 Å². The maximum atomic E-state index is 13.6. The van der Waals surface area contributed by atoms with Crippen LogP contribution in [0.15, 0.2) is 18.2 Å². The Hall–Kier alpha value is -0.600. The smallest absolute Gasteiger partial charge is 0.142 e. The van der Waals surface area contributed by atoms with Crippen LogP contribution in [-0.4, -0.2) is 6.54 Å². The first-order valence-electron chi connectivity index (χ1n) is 7.65. The van der Waals surface area contributed by atoms with Crippen LogP contribution < -0.4 is 5.73 Å². The van der Waals surface area contributed by atoms with E-state index in [-0.39, 0.29) is 10.8 Å². The summed E-state index contributed by atoms with van der Waals surface area (Å²) in [6.07, 6.45) is 4.50. The van der Waals surface area contributed by atoms with Crippen LogP contribution in [0.5, 0.6) is 0 Å². The first-order valence-corrected chi connectivity index (χ1v) is 8.03. The molecule has 112 valence electrons. The number of nitrogens with two attached hydrogens (primary N) is 1. The van der Waals surface area contributed by atoms with Gasteiger partial charge in [0.2, 0.25) is 0 Å². The Morgan fingerprint density at radius 1 is 1.30 bits per heavy atom. The molecular weight excluding hydrogens is 273 g/mol. The Morgan fingerprint density at radius 2 is 2.05 bits per heavy atom. The summed E-state index contributed by atoms with van der Waals surface area (Å²) in [6.45, 7) is 5.31. The van der Waals surface area contributed by atoms with Gasteiger partial charge in [0.05, 0.1) is 5.02 Å². The molecule has 3 unspecified atom stereocenters. The lowest BCUT2D eigenvalue weighted by atomic mass is 9.69. The van der Waals surface area contributed by atoms with Crippen LogP contribution in [0.1, 0.15) is 38.7 Å². The van der Waals surface area contributed by atoms with E-state index in [1.807, 2.05) is 6.07 Å². The van der Waals surface area contributed by atoms with E-state index < -0.39 is 0 Å². The van der Waals surface area contributed by atoms with Crippen molar-refractivity contribution in [2.75, 3.05) is 6.54 Å². The molecule has 1 saturated carbocycles. The molecule has 0 heterocycles. The first kappa shape index (κ1) is 15.8. The van der Waals surface area contributed by atoms with Crippen molar-refractivity contribution in [3.63, 3.8) is 0 Å². The fourth-order valence-electron chi connectivity index (χ4n) is 3.52. The minimum atomic E-state index is -0.315. The molecule has 3 atom stereocenters. The van der Waals surface area contributed by atoms with Crippen LogP contribution in [0.4, 0.5) is 4.39 Å². The molecule has 0 aromatic heterocycles. The molecule has 0 aliphatic heterocycles. The highest BCUT2D eigenvalue weighted by molar-refractivity contribution is 6.31. The van der Waals surface area contributed by atoms with E-state index >= 15 is 0 Å². The first-order chi connectivity index (χ1) is 9.52. The average molecular weight is 298 g/mol. The van der Waals surface area contributed by atoms with Gasteiger partial charge in [-0.25, -0.2) is 4.39 Å². The minimum Gasteiger partial charge on any atom is -0.330 e. The Morgan fingerprint density at radius 3 is 2.70 bits per heavy atom. The second-order valence-corrected chi connectivity index (χ2v) is 6.87. The summed E-state index contributed by atoms with van der Waals surface area (Å²) in [6, 6.07) is 5.11. The van der Waals surface area contributed by atoms with Crippen molar-refractivity contribution in [3.8, 4) is 0 Å². The molecule has 0 bridgehead atoms. The lowest BCUT2D eigenvalue weighted by Gasteiger charge is -2.37. The molecule has 1 aliphatic carbocycles. The third-order valence-electron chi connectivity index (χ3n) is 4.94. The second kappa shape index (κ2) is 6.91. The number of halogens is 2. The third-order valence-corrected chi connectivity index (χ3v) is 5.36. The van der Waals surface area contributed by atoms with Gasteiger partial charge in [-0.3, -0.25) is 0 Å². The molecule has 1 aliphatic rings. The third kappa shape index (κ3) is 3.53. The monoisotopic (exact) mass is 297 g/mol. The number of rotatable bonds is 4. The van der Waals surface area contributed by atoms with Crippen LogP contribution in [0.3, 0.4) is 0 Å². The van der Waals surface area contributed by atoms with Gasteiger partial charge in [0.15, 0.2) is 0 Å². The number of benzene rings is 1. The summed E-state index contributed by atoms with van der Waals surface area (Å²) in [7, 11) is 0. The van der Waals surface area contributed by atoms with E-state index in [4.69, 9.17) is 17.3 Å². The molecule has 3 heteroatoms. The summed E-state index contributed by atoms with van der Waals surface area (Å²) in [5.41, 5.74) is 6.86. The molecular formula is C17H25ClFN. The van der Waals surface area contributed by atoms with Gasteiger partial charge >= 0.3 is 0 Å². The van der Waals surface area contributed by atoms with Crippen LogP contribution in [0.25, 0.3) is 0 Å². The molecule has 1 fully saturated rings. The topological polar surface area (TPSA) is 26.0 Å². The zero-order chi connectivity index (χ0) is 14.7. The quantitative estimate of drug-likeness (QED) is 0.859. The number of hydrogen-bond acceptors (Lipinski definition) is 1. The molecule has 0 spiro atoms. The molecule has 0 amide bonds.